The first kappa shape index (κ1) is 39.0. The van der Waals surface area contributed by atoms with Gasteiger partial charge in [-0.3, -0.25) is 23.9 Å². The standard InChI is InChI=1S/C33H55FN4O8/c1-3-5-21-36-33(43)44-24-17-15-13-11-9-7-6-8-10-12-14-16-22-35-26(39)18-19-28(41)46-30-25(4-2)45-31(29(30)34)38-23-20-27(40)37-32(38)42/h20,23,25,29-31H,3-19,21-22,24H2,1-2H3,(H,35,39)(H,36,43)(H,37,40,42)/t25-,29?,30+,31-/m1/s1. The minimum absolute atomic E-state index is 0.0625. The number of nitrogens with one attached hydrogen (secondary N) is 3. The van der Waals surface area contributed by atoms with Crippen LogP contribution in [0.25, 0.3) is 0 Å². The van der Waals surface area contributed by atoms with Crippen LogP contribution < -0.4 is 21.9 Å². The first-order chi connectivity index (χ1) is 22.3. The molecule has 3 N–H and O–H groups in total. The van der Waals surface area contributed by atoms with Crippen molar-refractivity contribution in [2.24, 2.45) is 0 Å². The number of hydrogen-bond donors (Lipinski definition) is 3. The number of carbonyl (C=O) groups is 3. The molecule has 0 bridgehead atoms. The molecule has 1 fully saturated rings. The molecule has 0 aromatic carbocycles. The highest BCUT2D eigenvalue weighted by Crippen LogP contribution is 2.34. The Balaban J connectivity index is 1.43. The Bertz CT molecular complexity index is 1140. The third-order valence-electron chi connectivity index (χ3n) is 8.04. The lowest BCUT2D eigenvalue weighted by molar-refractivity contribution is -0.154. The molecule has 2 rings (SSSR count). The molecule has 46 heavy (non-hydrogen) atoms. The van der Waals surface area contributed by atoms with Crippen LogP contribution in [0.3, 0.4) is 0 Å². The molecule has 0 radical (unpaired) electrons. The number of nitrogens with zero attached hydrogens (tertiary/aromatic N) is 1. The van der Waals surface area contributed by atoms with Crippen molar-refractivity contribution >= 4 is 18.0 Å². The van der Waals surface area contributed by atoms with Crippen molar-refractivity contribution in [2.75, 3.05) is 19.7 Å². The number of alkyl halides is 1. The number of aromatic nitrogens is 2. The molecule has 0 spiro atoms. The molecule has 0 aliphatic carbocycles. The Labute approximate surface area is 271 Å². The molecule has 13 heteroatoms. The predicted molar refractivity (Wildman–Crippen MR) is 172 cm³/mol. The van der Waals surface area contributed by atoms with Crippen molar-refractivity contribution in [1.29, 1.82) is 0 Å². The van der Waals surface area contributed by atoms with Crippen LogP contribution in [-0.4, -0.2) is 65.6 Å². The Kier molecular flexibility index (Phi) is 19.6. The summed E-state index contributed by atoms with van der Waals surface area (Å²) in [5.41, 5.74) is -1.43. The van der Waals surface area contributed by atoms with Gasteiger partial charge in [0.1, 0.15) is 6.10 Å². The number of rotatable bonds is 24. The lowest BCUT2D eigenvalue weighted by Gasteiger charge is -2.18. The van der Waals surface area contributed by atoms with E-state index in [1.165, 1.54) is 44.9 Å². The Morgan fingerprint density at radius 1 is 0.870 bits per heavy atom. The van der Waals surface area contributed by atoms with E-state index in [2.05, 4.69) is 22.5 Å². The summed E-state index contributed by atoms with van der Waals surface area (Å²) in [7, 11) is 0. The highest BCUT2D eigenvalue weighted by Gasteiger charge is 2.48. The summed E-state index contributed by atoms with van der Waals surface area (Å²) in [5, 5.41) is 5.57. The predicted octanol–water partition coefficient (Wildman–Crippen LogP) is 5.20. The smallest absolute Gasteiger partial charge is 0.407 e. The number of aromatic amines is 1. The largest absolute Gasteiger partial charge is 0.456 e. The van der Waals surface area contributed by atoms with Gasteiger partial charge in [-0.05, 0) is 25.7 Å². The van der Waals surface area contributed by atoms with Gasteiger partial charge in [-0.15, -0.1) is 0 Å². The summed E-state index contributed by atoms with van der Waals surface area (Å²) in [6.07, 6.45) is 11.3. The highest BCUT2D eigenvalue weighted by molar-refractivity contribution is 5.81. The molecule has 1 aliphatic heterocycles. The fourth-order valence-corrected chi connectivity index (χ4v) is 5.34. The van der Waals surface area contributed by atoms with Crippen LogP contribution >= 0.6 is 0 Å². The number of halogens is 1. The van der Waals surface area contributed by atoms with Crippen LogP contribution in [0.15, 0.2) is 21.9 Å². The zero-order chi connectivity index (χ0) is 33.6. The SMILES string of the molecule is CCCCNC(=O)OCCCCCCCCCCCCCCNC(=O)CCC(=O)O[C@@H]1C(F)[C@H](n2ccc(=O)[nH]c2=O)O[C@@H]1CC. The minimum atomic E-state index is -1.82. The van der Waals surface area contributed by atoms with Crippen molar-refractivity contribution in [3.8, 4) is 0 Å². The molecule has 1 saturated heterocycles. The summed E-state index contributed by atoms with van der Waals surface area (Å²) in [4.78, 5) is 61.4. The van der Waals surface area contributed by atoms with Crippen LogP contribution in [0, 0.1) is 0 Å². The number of ether oxygens (including phenoxy) is 3. The maximum atomic E-state index is 15.2. The summed E-state index contributed by atoms with van der Waals surface area (Å²) >= 11 is 0. The number of H-pyrrole nitrogens is 1. The van der Waals surface area contributed by atoms with Gasteiger partial charge < -0.3 is 24.8 Å². The fraction of sp³-hybridized carbons (Fsp3) is 0.788. The van der Waals surface area contributed by atoms with E-state index in [0.29, 0.717) is 26.1 Å². The maximum Gasteiger partial charge on any atom is 0.407 e. The van der Waals surface area contributed by atoms with Crippen LogP contribution in [0.4, 0.5) is 9.18 Å². The molecular weight excluding hydrogens is 599 g/mol. The Morgan fingerprint density at radius 2 is 1.48 bits per heavy atom. The van der Waals surface area contributed by atoms with Gasteiger partial charge in [0.25, 0.3) is 5.56 Å². The van der Waals surface area contributed by atoms with Gasteiger partial charge in [-0.1, -0.05) is 84.5 Å². The van der Waals surface area contributed by atoms with Crippen LogP contribution in [0.1, 0.15) is 129 Å². The third-order valence-corrected chi connectivity index (χ3v) is 8.04. The van der Waals surface area contributed by atoms with Gasteiger partial charge in [-0.25, -0.2) is 14.0 Å². The van der Waals surface area contributed by atoms with Crippen molar-refractivity contribution < 1.29 is 33.0 Å². The number of hydrogen-bond acceptors (Lipinski definition) is 8. The van der Waals surface area contributed by atoms with Crippen molar-refractivity contribution in [3.63, 3.8) is 0 Å². The number of alkyl carbamates (subject to hydrolysis) is 1. The third kappa shape index (κ3) is 15.4. The van der Waals surface area contributed by atoms with Gasteiger partial charge in [0.15, 0.2) is 18.5 Å². The second-order valence-corrected chi connectivity index (χ2v) is 11.9. The second-order valence-electron chi connectivity index (χ2n) is 11.9. The topological polar surface area (TPSA) is 158 Å². The molecule has 1 aromatic rings. The zero-order valence-corrected chi connectivity index (χ0v) is 27.7. The Hall–Kier alpha value is -3.22. The molecule has 262 valence electrons. The molecule has 1 aliphatic rings. The molecule has 12 nitrogen and oxygen atoms in total. The minimum Gasteiger partial charge on any atom is -0.456 e. The summed E-state index contributed by atoms with van der Waals surface area (Å²) in [6.45, 7) is 5.53. The molecule has 2 heterocycles. The van der Waals surface area contributed by atoms with E-state index in [9.17, 15) is 24.0 Å². The van der Waals surface area contributed by atoms with E-state index >= 15 is 4.39 Å². The normalized spacial score (nSPS) is 19.1. The number of amides is 2. The van der Waals surface area contributed by atoms with Gasteiger partial charge in [-0.2, -0.15) is 0 Å². The lowest BCUT2D eigenvalue weighted by atomic mass is 10.1. The van der Waals surface area contributed by atoms with E-state index in [4.69, 9.17) is 14.2 Å². The number of carbonyl (C=O) groups excluding carboxylic acids is 3. The van der Waals surface area contributed by atoms with E-state index in [0.717, 1.165) is 61.8 Å². The first-order valence-electron chi connectivity index (χ1n) is 17.2. The lowest BCUT2D eigenvalue weighted by Crippen LogP contribution is -2.37. The van der Waals surface area contributed by atoms with Gasteiger partial charge in [0.05, 0.1) is 13.0 Å². The van der Waals surface area contributed by atoms with Gasteiger partial charge in [0.2, 0.25) is 5.91 Å². The highest BCUT2D eigenvalue weighted by atomic mass is 19.1. The van der Waals surface area contributed by atoms with Crippen molar-refractivity contribution in [3.05, 3.63) is 33.1 Å². The van der Waals surface area contributed by atoms with E-state index in [1.54, 1.807) is 6.92 Å². The van der Waals surface area contributed by atoms with Gasteiger partial charge >= 0.3 is 17.8 Å². The van der Waals surface area contributed by atoms with Crippen LogP contribution in [-0.2, 0) is 23.8 Å². The number of unbranched alkanes of at least 4 members (excludes halogenated alkanes) is 12. The monoisotopic (exact) mass is 654 g/mol. The summed E-state index contributed by atoms with van der Waals surface area (Å²) in [5.74, 6) is -0.977. The quantitative estimate of drug-likeness (QED) is 0.101. The maximum absolute atomic E-state index is 15.2. The molecule has 0 saturated carbocycles. The fourth-order valence-electron chi connectivity index (χ4n) is 5.34. The van der Waals surface area contributed by atoms with Crippen molar-refractivity contribution in [2.45, 2.75) is 148 Å². The molecule has 1 aromatic heterocycles. The van der Waals surface area contributed by atoms with E-state index < -0.39 is 41.8 Å². The summed E-state index contributed by atoms with van der Waals surface area (Å²) < 4.78 is 32.2. The average molecular weight is 655 g/mol. The Morgan fingerprint density at radius 3 is 2.09 bits per heavy atom. The average Bonchev–Trinajstić information content (AvgIpc) is 3.34. The van der Waals surface area contributed by atoms with Gasteiger partial charge in [0, 0.05) is 31.8 Å². The number of esters is 1. The molecule has 1 unspecified atom stereocenters. The van der Waals surface area contributed by atoms with Crippen LogP contribution in [0.5, 0.6) is 0 Å². The summed E-state index contributed by atoms with van der Waals surface area (Å²) in [6, 6.07) is 1.09. The molecular formula is C33H55FN4O8. The van der Waals surface area contributed by atoms with E-state index in [1.807, 2.05) is 0 Å². The first-order valence-corrected chi connectivity index (χ1v) is 17.2. The molecule has 4 atom stereocenters. The van der Waals surface area contributed by atoms with Crippen molar-refractivity contribution in [1.82, 2.24) is 20.2 Å². The van der Waals surface area contributed by atoms with E-state index in [-0.39, 0.29) is 24.8 Å². The zero-order valence-electron chi connectivity index (χ0n) is 27.7. The van der Waals surface area contributed by atoms with Crippen LogP contribution in [0.2, 0.25) is 0 Å². The second kappa shape index (κ2) is 23.2. The molecule has 2 amide bonds.